The summed E-state index contributed by atoms with van der Waals surface area (Å²) in [6, 6.07) is 0.666. The molecule has 0 aromatic rings. The van der Waals surface area contributed by atoms with Crippen LogP contribution in [0.5, 0.6) is 0 Å². The summed E-state index contributed by atoms with van der Waals surface area (Å²) in [4.78, 5) is 2.52. The van der Waals surface area contributed by atoms with Crippen LogP contribution in [0.3, 0.4) is 0 Å². The van der Waals surface area contributed by atoms with E-state index in [0.29, 0.717) is 6.04 Å². The smallest absolute Gasteiger partial charge is 0.0165 e. The average molecular weight is 210 g/mol. The molecule has 15 heavy (non-hydrogen) atoms. The van der Waals surface area contributed by atoms with E-state index in [-0.39, 0.29) is 5.54 Å². The number of rotatable bonds is 4. The van der Waals surface area contributed by atoms with Crippen LogP contribution in [0.1, 0.15) is 34.1 Å². The molecule has 2 heteroatoms. The number of nitrogens with zero attached hydrogens (tertiary/aromatic N) is 1. The second-order valence-corrected chi connectivity index (χ2v) is 5.66. The first-order chi connectivity index (χ1) is 6.95. The van der Waals surface area contributed by atoms with Crippen molar-refractivity contribution in [2.45, 2.75) is 45.7 Å². The van der Waals surface area contributed by atoms with E-state index in [4.69, 9.17) is 0 Å². The van der Waals surface area contributed by atoms with Crippen LogP contribution in [0.4, 0.5) is 0 Å². The molecule has 0 aromatic carbocycles. The first-order valence-electron chi connectivity index (χ1n) is 6.04. The van der Waals surface area contributed by atoms with Crippen LogP contribution in [-0.4, -0.2) is 36.1 Å². The molecule has 0 saturated carbocycles. The first-order valence-corrected chi connectivity index (χ1v) is 6.04. The summed E-state index contributed by atoms with van der Waals surface area (Å²) in [5.41, 5.74) is 0.247. The number of hydrogen-bond acceptors (Lipinski definition) is 2. The maximum absolute atomic E-state index is 3.85. The highest BCUT2D eigenvalue weighted by Gasteiger charge is 2.28. The molecule has 88 valence electrons. The summed E-state index contributed by atoms with van der Waals surface area (Å²) in [7, 11) is 0. The second-order valence-electron chi connectivity index (χ2n) is 5.66. The van der Waals surface area contributed by atoms with Crippen LogP contribution in [-0.2, 0) is 0 Å². The molecule has 2 atom stereocenters. The molecule has 1 heterocycles. The molecule has 1 aliphatic heterocycles. The van der Waals surface area contributed by atoms with Gasteiger partial charge in [-0.25, -0.2) is 0 Å². The zero-order chi connectivity index (χ0) is 11.5. The first kappa shape index (κ1) is 12.7. The summed E-state index contributed by atoms with van der Waals surface area (Å²) in [5, 5.41) is 3.52. The molecule has 1 N–H and O–H groups in total. The fourth-order valence-corrected chi connectivity index (χ4v) is 2.22. The predicted octanol–water partition coefficient (Wildman–Crippen LogP) is 2.27. The summed E-state index contributed by atoms with van der Waals surface area (Å²) >= 11 is 0. The predicted molar refractivity (Wildman–Crippen MR) is 67.1 cm³/mol. The van der Waals surface area contributed by atoms with E-state index in [1.54, 1.807) is 0 Å². The van der Waals surface area contributed by atoms with Crippen LogP contribution in [0.25, 0.3) is 0 Å². The Balaban J connectivity index is 2.54. The summed E-state index contributed by atoms with van der Waals surface area (Å²) in [6.45, 7) is 16.3. The Hall–Kier alpha value is -0.340. The quantitative estimate of drug-likeness (QED) is 0.716. The monoisotopic (exact) mass is 210 g/mol. The lowest BCUT2D eigenvalue weighted by molar-refractivity contribution is 0.126. The molecule has 2 nitrogen and oxygen atoms in total. The molecule has 0 radical (unpaired) electrons. The van der Waals surface area contributed by atoms with Gasteiger partial charge in [0.15, 0.2) is 0 Å². The van der Waals surface area contributed by atoms with Crippen LogP contribution >= 0.6 is 0 Å². The van der Waals surface area contributed by atoms with Crippen molar-refractivity contribution in [2.75, 3.05) is 19.6 Å². The normalized spacial score (nSPS) is 27.3. The van der Waals surface area contributed by atoms with Gasteiger partial charge in [0.2, 0.25) is 0 Å². The summed E-state index contributed by atoms with van der Waals surface area (Å²) in [5.74, 6) is 0.796. The molecule has 2 unspecified atom stereocenters. The van der Waals surface area contributed by atoms with Gasteiger partial charge in [0.05, 0.1) is 0 Å². The van der Waals surface area contributed by atoms with E-state index in [1.807, 2.05) is 6.08 Å². The largest absolute Gasteiger partial charge is 0.314 e. The van der Waals surface area contributed by atoms with Gasteiger partial charge in [-0.3, -0.25) is 4.90 Å². The van der Waals surface area contributed by atoms with Crippen molar-refractivity contribution < 1.29 is 0 Å². The van der Waals surface area contributed by atoms with Crippen molar-refractivity contribution >= 4 is 0 Å². The standard InChI is InChI=1S/C13H26N2/c1-6-9-15(13(3,4)5)10-12-7-8-14-11(12)2/h6,11-12,14H,1,7-10H2,2-5H3. The molecule has 0 amide bonds. The zero-order valence-electron chi connectivity index (χ0n) is 10.7. The number of nitrogens with one attached hydrogen (secondary N) is 1. The Bertz CT molecular complexity index is 205. The van der Waals surface area contributed by atoms with Gasteiger partial charge in [0.25, 0.3) is 0 Å². The third-order valence-electron chi connectivity index (χ3n) is 3.44. The fourth-order valence-electron chi connectivity index (χ4n) is 2.22. The van der Waals surface area contributed by atoms with Crippen molar-refractivity contribution in [3.8, 4) is 0 Å². The van der Waals surface area contributed by atoms with Gasteiger partial charge in [-0.2, -0.15) is 0 Å². The Morgan fingerprint density at radius 3 is 2.53 bits per heavy atom. The zero-order valence-corrected chi connectivity index (χ0v) is 10.7. The van der Waals surface area contributed by atoms with Crippen LogP contribution in [0.2, 0.25) is 0 Å². The third-order valence-corrected chi connectivity index (χ3v) is 3.44. The molecule has 0 bridgehead atoms. The van der Waals surface area contributed by atoms with Gasteiger partial charge in [-0.15, -0.1) is 6.58 Å². The Labute approximate surface area is 94.7 Å². The van der Waals surface area contributed by atoms with E-state index in [0.717, 1.165) is 12.5 Å². The van der Waals surface area contributed by atoms with Gasteiger partial charge < -0.3 is 5.32 Å². The Kier molecular flexibility index (Phi) is 4.35. The van der Waals surface area contributed by atoms with E-state index in [1.165, 1.54) is 19.5 Å². The topological polar surface area (TPSA) is 15.3 Å². The molecule has 0 aromatic heterocycles. The van der Waals surface area contributed by atoms with Gasteiger partial charge in [0, 0.05) is 24.7 Å². The minimum Gasteiger partial charge on any atom is -0.314 e. The molecule has 1 aliphatic rings. The van der Waals surface area contributed by atoms with Gasteiger partial charge in [-0.1, -0.05) is 6.08 Å². The third kappa shape index (κ3) is 3.62. The summed E-state index contributed by atoms with van der Waals surface area (Å²) in [6.07, 6.45) is 3.32. The molecule has 1 fully saturated rings. The van der Waals surface area contributed by atoms with Gasteiger partial charge in [0.1, 0.15) is 0 Å². The van der Waals surface area contributed by atoms with E-state index < -0.39 is 0 Å². The molecule has 1 saturated heterocycles. The number of hydrogen-bond donors (Lipinski definition) is 1. The molecule has 1 rings (SSSR count). The summed E-state index contributed by atoms with van der Waals surface area (Å²) < 4.78 is 0. The van der Waals surface area contributed by atoms with Crippen LogP contribution < -0.4 is 5.32 Å². The van der Waals surface area contributed by atoms with Crippen LogP contribution in [0.15, 0.2) is 12.7 Å². The maximum Gasteiger partial charge on any atom is 0.0165 e. The lowest BCUT2D eigenvalue weighted by Crippen LogP contribution is -2.45. The highest BCUT2D eigenvalue weighted by Crippen LogP contribution is 2.21. The van der Waals surface area contributed by atoms with Gasteiger partial charge in [-0.05, 0) is 46.6 Å². The van der Waals surface area contributed by atoms with Crippen molar-refractivity contribution in [1.82, 2.24) is 10.2 Å². The molecule has 0 aliphatic carbocycles. The van der Waals surface area contributed by atoms with Gasteiger partial charge >= 0.3 is 0 Å². The lowest BCUT2D eigenvalue weighted by Gasteiger charge is -2.37. The van der Waals surface area contributed by atoms with Crippen molar-refractivity contribution in [3.05, 3.63) is 12.7 Å². The van der Waals surface area contributed by atoms with E-state index in [2.05, 4.69) is 44.5 Å². The molecular formula is C13H26N2. The second kappa shape index (κ2) is 5.13. The minimum atomic E-state index is 0.247. The molecule has 0 spiro atoms. The lowest BCUT2D eigenvalue weighted by atomic mass is 9.97. The van der Waals surface area contributed by atoms with E-state index >= 15 is 0 Å². The van der Waals surface area contributed by atoms with Crippen LogP contribution in [0, 0.1) is 5.92 Å². The van der Waals surface area contributed by atoms with Crippen molar-refractivity contribution in [3.63, 3.8) is 0 Å². The Morgan fingerprint density at radius 1 is 1.47 bits per heavy atom. The fraction of sp³-hybridized carbons (Fsp3) is 0.846. The maximum atomic E-state index is 3.85. The Morgan fingerprint density at radius 2 is 2.13 bits per heavy atom. The van der Waals surface area contributed by atoms with Crippen molar-refractivity contribution in [2.24, 2.45) is 5.92 Å². The average Bonchev–Trinajstić information content (AvgIpc) is 2.49. The SMILES string of the molecule is C=CCN(CC1CCNC1C)C(C)(C)C. The highest BCUT2D eigenvalue weighted by atomic mass is 15.2. The minimum absolute atomic E-state index is 0.247. The highest BCUT2D eigenvalue weighted by molar-refractivity contribution is 4.89. The van der Waals surface area contributed by atoms with Crippen molar-refractivity contribution in [1.29, 1.82) is 0 Å². The molecular weight excluding hydrogens is 184 g/mol. The van der Waals surface area contributed by atoms with E-state index in [9.17, 15) is 0 Å².